The molecule has 0 fully saturated rings. The number of rotatable bonds is 12. The van der Waals surface area contributed by atoms with Crippen LogP contribution in [0.15, 0.2) is 352 Å². The Bertz CT molecular complexity index is 4950. The molecule has 0 bridgehead atoms. The van der Waals surface area contributed by atoms with Crippen LogP contribution in [0.1, 0.15) is 22.3 Å². The summed E-state index contributed by atoms with van der Waals surface area (Å²) < 4.78 is 0. The number of hydrogen-bond acceptors (Lipinski definition) is 2. The molecule has 0 aromatic heterocycles. The van der Waals surface area contributed by atoms with Crippen LogP contribution in [0.3, 0.4) is 0 Å². The predicted octanol–water partition coefficient (Wildman–Crippen LogP) is 23.1. The zero-order chi connectivity index (χ0) is 57.7. The Labute approximate surface area is 508 Å². The summed E-state index contributed by atoms with van der Waals surface area (Å²) in [7, 11) is 0. The summed E-state index contributed by atoms with van der Waals surface area (Å²) in [6.45, 7) is 0. The third-order valence-corrected chi connectivity index (χ3v) is 17.9. The van der Waals surface area contributed by atoms with Crippen LogP contribution in [0, 0.1) is 0 Å². The fourth-order valence-corrected chi connectivity index (χ4v) is 14.1. The maximum atomic E-state index is 2.57. The zero-order valence-electron chi connectivity index (χ0n) is 47.9. The number of benzene rings is 15. The Kier molecular flexibility index (Phi) is 12.8. The van der Waals surface area contributed by atoms with E-state index in [1.54, 1.807) is 0 Å². The SMILES string of the molecule is c1ccc(-c2ccc(N(c3ccccc3)c3ccc4c5c(c6ccccc6c4c3)-c3c(cc(N(c4ccccc4)c4ccc(-c6ccccc6)cc4-c4ccccc4)c4ccccc34)C5(c3ccccc3)c3ccccc3)c(-c3ccccc3)c2)cc1. The average Bonchev–Trinajstić information content (AvgIpc) is 1.53. The minimum absolute atomic E-state index is 0.801. The van der Waals surface area contributed by atoms with E-state index in [0.29, 0.717) is 0 Å². The summed E-state index contributed by atoms with van der Waals surface area (Å²) in [5, 5.41) is 7.19. The molecule has 1 aliphatic rings. The van der Waals surface area contributed by atoms with Crippen molar-refractivity contribution in [3.05, 3.63) is 374 Å². The second-order valence-corrected chi connectivity index (χ2v) is 22.6. The van der Waals surface area contributed by atoms with Gasteiger partial charge < -0.3 is 9.80 Å². The highest BCUT2D eigenvalue weighted by molar-refractivity contribution is 6.24. The molecule has 0 N–H and O–H groups in total. The summed E-state index contributed by atoms with van der Waals surface area (Å²) >= 11 is 0. The molecule has 0 unspecified atom stereocenters. The van der Waals surface area contributed by atoms with Gasteiger partial charge in [0.2, 0.25) is 0 Å². The van der Waals surface area contributed by atoms with Crippen LogP contribution in [0.25, 0.3) is 88.0 Å². The van der Waals surface area contributed by atoms with Crippen LogP contribution >= 0.6 is 0 Å². The second-order valence-electron chi connectivity index (χ2n) is 22.6. The number of hydrogen-bond donors (Lipinski definition) is 0. The normalized spacial score (nSPS) is 12.2. The van der Waals surface area contributed by atoms with Crippen LogP contribution < -0.4 is 9.80 Å². The van der Waals surface area contributed by atoms with E-state index < -0.39 is 5.41 Å². The molecular weight excluding hydrogens is 1050 g/mol. The van der Waals surface area contributed by atoms with Gasteiger partial charge in [0.25, 0.3) is 0 Å². The smallest absolute Gasteiger partial charge is 0.0720 e. The fourth-order valence-electron chi connectivity index (χ4n) is 14.1. The van der Waals surface area contributed by atoms with Crippen molar-refractivity contribution >= 4 is 66.4 Å². The van der Waals surface area contributed by atoms with Crippen molar-refractivity contribution in [3.8, 4) is 55.6 Å². The number of para-hydroxylation sites is 2. The van der Waals surface area contributed by atoms with E-state index in [0.717, 1.165) is 56.4 Å². The fraction of sp³-hybridized carbons (Fsp3) is 0.0118. The van der Waals surface area contributed by atoms with Crippen LogP contribution in [-0.2, 0) is 5.41 Å². The maximum absolute atomic E-state index is 2.57. The van der Waals surface area contributed by atoms with E-state index >= 15 is 0 Å². The molecule has 0 spiro atoms. The Morgan fingerprint density at radius 2 is 0.598 bits per heavy atom. The topological polar surface area (TPSA) is 6.48 Å². The van der Waals surface area contributed by atoms with Gasteiger partial charge in [0.1, 0.15) is 0 Å². The quantitative estimate of drug-likeness (QED) is 0.113. The first kappa shape index (κ1) is 51.3. The van der Waals surface area contributed by atoms with Gasteiger partial charge in [-0.3, -0.25) is 0 Å². The molecule has 87 heavy (non-hydrogen) atoms. The Morgan fingerprint density at radius 1 is 0.207 bits per heavy atom. The maximum Gasteiger partial charge on any atom is 0.0720 e. The van der Waals surface area contributed by atoms with E-state index in [4.69, 9.17) is 0 Å². The average molecular weight is 1110 g/mol. The van der Waals surface area contributed by atoms with E-state index in [9.17, 15) is 0 Å². The molecule has 0 amide bonds. The number of anilines is 6. The molecule has 0 heterocycles. The zero-order valence-corrected chi connectivity index (χ0v) is 47.9. The van der Waals surface area contributed by atoms with Crippen LogP contribution in [0.4, 0.5) is 34.1 Å². The standard InChI is InChI=1S/C85H58N2/c1-9-29-59(30-10-1)63-49-53-79(75(55-63)61-33-13-3-14-34-61)86(67-41-21-7-22-42-67)69-51-52-74-77(57-69)70-45-25-27-47-72(70)83-82-73-48-28-26-46-71(73)81(58-78(82)85(84(74)83,65-37-17-5-18-38-65)66-39-19-6-20-40-66)87(68-43-23-8-24-44-68)80-54-50-64(60-31-11-2-12-32-60)56-76(80)62-35-15-4-16-36-62/h1-58H. The minimum Gasteiger partial charge on any atom is -0.310 e. The van der Waals surface area contributed by atoms with Crippen molar-refractivity contribution in [1.29, 1.82) is 0 Å². The molecule has 15 aromatic rings. The first-order valence-corrected chi connectivity index (χ1v) is 30.1. The van der Waals surface area contributed by atoms with E-state index in [-0.39, 0.29) is 0 Å². The van der Waals surface area contributed by atoms with Crippen LogP contribution in [0.5, 0.6) is 0 Å². The third-order valence-electron chi connectivity index (χ3n) is 17.9. The monoisotopic (exact) mass is 1110 g/mol. The van der Waals surface area contributed by atoms with E-state index in [1.165, 1.54) is 88.0 Å². The van der Waals surface area contributed by atoms with Gasteiger partial charge in [0, 0.05) is 33.6 Å². The molecule has 0 atom stereocenters. The first-order valence-electron chi connectivity index (χ1n) is 30.1. The van der Waals surface area contributed by atoms with E-state index in [1.807, 2.05) is 0 Å². The van der Waals surface area contributed by atoms with Crippen molar-refractivity contribution in [3.63, 3.8) is 0 Å². The summed E-state index contributed by atoms with van der Waals surface area (Å²) in [4.78, 5) is 4.99. The summed E-state index contributed by atoms with van der Waals surface area (Å²) in [6.07, 6.45) is 0. The molecular formula is C85H58N2. The molecule has 0 radical (unpaired) electrons. The molecule has 2 nitrogen and oxygen atoms in total. The molecule has 2 heteroatoms. The van der Waals surface area contributed by atoms with E-state index in [2.05, 4.69) is 362 Å². The largest absolute Gasteiger partial charge is 0.310 e. The first-order chi connectivity index (χ1) is 43.2. The summed E-state index contributed by atoms with van der Waals surface area (Å²) in [5.74, 6) is 0. The van der Waals surface area contributed by atoms with Crippen LogP contribution in [-0.4, -0.2) is 0 Å². The lowest BCUT2D eigenvalue weighted by Crippen LogP contribution is -2.29. The highest BCUT2D eigenvalue weighted by atomic mass is 15.2. The van der Waals surface area contributed by atoms with Gasteiger partial charge in [0.05, 0.1) is 22.5 Å². The molecule has 0 aliphatic heterocycles. The molecule has 16 rings (SSSR count). The van der Waals surface area contributed by atoms with Crippen molar-refractivity contribution in [2.24, 2.45) is 0 Å². The number of nitrogens with zero attached hydrogens (tertiary/aromatic N) is 2. The predicted molar refractivity (Wildman–Crippen MR) is 367 cm³/mol. The van der Waals surface area contributed by atoms with Crippen molar-refractivity contribution in [1.82, 2.24) is 0 Å². The van der Waals surface area contributed by atoms with Gasteiger partial charge >= 0.3 is 0 Å². The van der Waals surface area contributed by atoms with Crippen molar-refractivity contribution in [2.75, 3.05) is 9.80 Å². The highest BCUT2D eigenvalue weighted by Gasteiger charge is 2.49. The van der Waals surface area contributed by atoms with Gasteiger partial charge in [0.15, 0.2) is 0 Å². The van der Waals surface area contributed by atoms with Crippen LogP contribution in [0.2, 0.25) is 0 Å². The third kappa shape index (κ3) is 8.64. The number of fused-ring (bicyclic) bond motifs is 10. The molecule has 408 valence electrons. The van der Waals surface area contributed by atoms with Gasteiger partial charge in [-0.15, -0.1) is 0 Å². The molecule has 0 saturated heterocycles. The highest BCUT2D eigenvalue weighted by Crippen LogP contribution is 2.64. The lowest BCUT2D eigenvalue weighted by molar-refractivity contribution is 0.776. The van der Waals surface area contributed by atoms with Gasteiger partial charge in [-0.1, -0.05) is 285 Å². The van der Waals surface area contributed by atoms with Gasteiger partial charge in [-0.25, -0.2) is 0 Å². The molecule has 0 saturated carbocycles. The lowest BCUT2D eigenvalue weighted by atomic mass is 9.66. The minimum atomic E-state index is -0.801. The second kappa shape index (κ2) is 21.7. The summed E-state index contributed by atoms with van der Waals surface area (Å²) in [5.41, 5.74) is 22.5. The van der Waals surface area contributed by atoms with Crippen molar-refractivity contribution in [2.45, 2.75) is 5.41 Å². The van der Waals surface area contributed by atoms with Crippen molar-refractivity contribution < 1.29 is 0 Å². The summed E-state index contributed by atoms with van der Waals surface area (Å²) in [6, 6.07) is 130. The van der Waals surface area contributed by atoms with Gasteiger partial charge in [-0.05, 0) is 160 Å². The van der Waals surface area contributed by atoms with Gasteiger partial charge in [-0.2, -0.15) is 0 Å². The molecule has 15 aromatic carbocycles. The Hall–Kier alpha value is -11.3. The molecule has 1 aliphatic carbocycles. The Balaban J connectivity index is 1.01. The lowest BCUT2D eigenvalue weighted by Gasteiger charge is -2.36. The Morgan fingerprint density at radius 3 is 1.09 bits per heavy atom.